The highest BCUT2D eigenvalue weighted by Crippen LogP contribution is 2.24. The van der Waals surface area contributed by atoms with Crippen LogP contribution in [0.2, 0.25) is 0 Å². The first-order valence-corrected chi connectivity index (χ1v) is 12.4. The number of halogens is 2. The SMILES string of the molecule is CCc1ncnc(-c2ccc(C)nc2)c1C#Cc1cnc(C)c(NS(=O)(=O)c2ccc(F)cc2F)c1. The Morgan fingerprint density at radius 1 is 0.944 bits per heavy atom. The summed E-state index contributed by atoms with van der Waals surface area (Å²) in [5.41, 5.74) is 4.56. The third-order valence-electron chi connectivity index (χ3n) is 5.29. The van der Waals surface area contributed by atoms with Gasteiger partial charge in [-0.05, 0) is 50.6 Å². The number of hydrogen-bond donors (Lipinski definition) is 1. The van der Waals surface area contributed by atoms with E-state index in [0.717, 1.165) is 29.1 Å². The van der Waals surface area contributed by atoms with Crippen molar-refractivity contribution in [2.45, 2.75) is 32.1 Å². The van der Waals surface area contributed by atoms with E-state index in [9.17, 15) is 17.2 Å². The summed E-state index contributed by atoms with van der Waals surface area (Å²) in [6.07, 6.45) is 5.33. The molecule has 0 aliphatic carbocycles. The van der Waals surface area contributed by atoms with E-state index in [1.54, 1.807) is 13.1 Å². The van der Waals surface area contributed by atoms with Gasteiger partial charge in [0.15, 0.2) is 0 Å². The van der Waals surface area contributed by atoms with E-state index in [1.807, 2.05) is 26.0 Å². The molecule has 36 heavy (non-hydrogen) atoms. The Kier molecular flexibility index (Phi) is 7.03. The molecule has 0 fully saturated rings. The fourth-order valence-corrected chi connectivity index (χ4v) is 4.55. The van der Waals surface area contributed by atoms with Crippen molar-refractivity contribution in [3.8, 4) is 23.1 Å². The second-order valence-corrected chi connectivity index (χ2v) is 9.52. The van der Waals surface area contributed by atoms with Crippen LogP contribution in [0.25, 0.3) is 11.3 Å². The van der Waals surface area contributed by atoms with Crippen molar-refractivity contribution in [3.63, 3.8) is 0 Å². The highest BCUT2D eigenvalue weighted by molar-refractivity contribution is 7.92. The maximum atomic E-state index is 14.1. The standard InChI is InChI=1S/C26H21F2N5O2S/c1-4-23-21(26(32-15-31-23)19-7-5-16(2)29-14-19)9-6-18-11-24(17(3)30-13-18)33-36(34,35)25-10-8-20(27)12-22(25)28/h5,7-8,10-15,33H,4H2,1-3H3. The first-order valence-electron chi connectivity index (χ1n) is 10.9. The number of nitrogens with zero attached hydrogens (tertiary/aromatic N) is 4. The van der Waals surface area contributed by atoms with Crippen molar-refractivity contribution in [2.24, 2.45) is 0 Å². The molecular weight excluding hydrogens is 484 g/mol. The largest absolute Gasteiger partial charge is 0.278 e. The van der Waals surface area contributed by atoms with Crippen LogP contribution in [0.15, 0.2) is 60.0 Å². The van der Waals surface area contributed by atoms with Gasteiger partial charge in [-0.3, -0.25) is 14.7 Å². The van der Waals surface area contributed by atoms with Crippen LogP contribution in [0, 0.1) is 37.3 Å². The minimum atomic E-state index is -4.33. The van der Waals surface area contributed by atoms with E-state index in [0.29, 0.717) is 35.0 Å². The Morgan fingerprint density at radius 2 is 1.75 bits per heavy atom. The summed E-state index contributed by atoms with van der Waals surface area (Å²) in [4.78, 5) is 16.6. The molecule has 0 radical (unpaired) electrons. The number of aromatic nitrogens is 4. The predicted molar refractivity (Wildman–Crippen MR) is 131 cm³/mol. The molecule has 0 amide bonds. The Morgan fingerprint density at radius 3 is 2.44 bits per heavy atom. The van der Waals surface area contributed by atoms with Gasteiger partial charge in [0.1, 0.15) is 22.9 Å². The minimum absolute atomic E-state index is 0.119. The van der Waals surface area contributed by atoms with Gasteiger partial charge in [-0.15, -0.1) is 0 Å². The second kappa shape index (κ2) is 10.2. The van der Waals surface area contributed by atoms with Crippen molar-refractivity contribution in [1.29, 1.82) is 0 Å². The van der Waals surface area contributed by atoms with Crippen LogP contribution in [0.4, 0.5) is 14.5 Å². The van der Waals surface area contributed by atoms with Crippen LogP contribution >= 0.6 is 0 Å². The van der Waals surface area contributed by atoms with Crippen LogP contribution in [0.3, 0.4) is 0 Å². The van der Waals surface area contributed by atoms with Crippen molar-refractivity contribution < 1.29 is 17.2 Å². The molecule has 0 bridgehead atoms. The molecule has 0 aliphatic heterocycles. The molecule has 3 heterocycles. The van der Waals surface area contributed by atoms with Gasteiger partial charge in [0.05, 0.1) is 28.3 Å². The lowest BCUT2D eigenvalue weighted by molar-refractivity contribution is 0.551. The Bertz CT molecular complexity index is 1610. The van der Waals surface area contributed by atoms with Crippen molar-refractivity contribution in [2.75, 3.05) is 4.72 Å². The van der Waals surface area contributed by atoms with E-state index in [1.165, 1.54) is 18.6 Å². The molecule has 0 saturated carbocycles. The number of pyridine rings is 2. The van der Waals surface area contributed by atoms with Gasteiger partial charge in [-0.2, -0.15) is 0 Å². The van der Waals surface area contributed by atoms with Gasteiger partial charge < -0.3 is 0 Å². The van der Waals surface area contributed by atoms with Crippen LogP contribution in [0.1, 0.15) is 35.1 Å². The van der Waals surface area contributed by atoms with Gasteiger partial charge >= 0.3 is 0 Å². The van der Waals surface area contributed by atoms with E-state index in [-0.39, 0.29) is 5.69 Å². The molecule has 0 atom stereocenters. The second-order valence-electron chi connectivity index (χ2n) is 7.87. The molecule has 182 valence electrons. The molecule has 3 aromatic heterocycles. The molecular formula is C26H21F2N5O2S. The van der Waals surface area contributed by atoms with Gasteiger partial charge in [-0.25, -0.2) is 27.2 Å². The van der Waals surface area contributed by atoms with Gasteiger partial charge in [0.2, 0.25) is 0 Å². The Hall–Kier alpha value is -4.23. The molecule has 0 saturated heterocycles. The highest BCUT2D eigenvalue weighted by Gasteiger charge is 2.21. The van der Waals surface area contributed by atoms with Gasteiger partial charge in [0, 0.05) is 35.3 Å². The molecule has 0 aliphatic rings. The zero-order valence-electron chi connectivity index (χ0n) is 19.7. The van der Waals surface area contributed by atoms with E-state index < -0.39 is 26.6 Å². The van der Waals surface area contributed by atoms with Crippen molar-refractivity contribution in [3.05, 3.63) is 95.0 Å². The van der Waals surface area contributed by atoms with Crippen LogP contribution in [-0.4, -0.2) is 28.4 Å². The smallest absolute Gasteiger partial charge is 0.264 e. The maximum absolute atomic E-state index is 14.1. The Labute approximate surface area is 207 Å². The average molecular weight is 506 g/mol. The molecule has 4 rings (SSSR count). The lowest BCUT2D eigenvalue weighted by Gasteiger charge is -2.11. The van der Waals surface area contributed by atoms with Gasteiger partial charge in [-0.1, -0.05) is 18.8 Å². The summed E-state index contributed by atoms with van der Waals surface area (Å²) >= 11 is 0. The molecule has 0 spiro atoms. The minimum Gasteiger partial charge on any atom is -0.278 e. The normalized spacial score (nSPS) is 11.0. The fraction of sp³-hybridized carbons (Fsp3) is 0.154. The Balaban J connectivity index is 1.72. The lowest BCUT2D eigenvalue weighted by atomic mass is 10.0. The van der Waals surface area contributed by atoms with Crippen LogP contribution in [0.5, 0.6) is 0 Å². The number of benzene rings is 1. The molecule has 1 N–H and O–H groups in total. The number of anilines is 1. The average Bonchev–Trinajstić information content (AvgIpc) is 2.84. The third-order valence-corrected chi connectivity index (χ3v) is 6.69. The van der Waals surface area contributed by atoms with Crippen LogP contribution in [-0.2, 0) is 16.4 Å². The van der Waals surface area contributed by atoms with Crippen molar-refractivity contribution in [1.82, 2.24) is 19.9 Å². The fourth-order valence-electron chi connectivity index (χ4n) is 3.38. The summed E-state index contributed by atoms with van der Waals surface area (Å²) in [6, 6.07) is 7.53. The molecule has 1 aromatic carbocycles. The first kappa shape index (κ1) is 24.9. The first-order chi connectivity index (χ1) is 17.2. The number of hydrogen-bond acceptors (Lipinski definition) is 6. The highest BCUT2D eigenvalue weighted by atomic mass is 32.2. The molecule has 4 aromatic rings. The molecule has 10 heteroatoms. The molecule has 0 unspecified atom stereocenters. The van der Waals surface area contributed by atoms with Gasteiger partial charge in [0.25, 0.3) is 10.0 Å². The number of rotatable bonds is 5. The summed E-state index contributed by atoms with van der Waals surface area (Å²) in [5.74, 6) is 4.02. The predicted octanol–water partition coefficient (Wildman–Crippen LogP) is 4.59. The number of aryl methyl sites for hydroxylation is 3. The summed E-state index contributed by atoms with van der Waals surface area (Å²) in [5, 5.41) is 0. The van der Waals surface area contributed by atoms with E-state index in [4.69, 9.17) is 0 Å². The summed E-state index contributed by atoms with van der Waals surface area (Å²) in [6.45, 7) is 5.45. The molecule has 7 nitrogen and oxygen atoms in total. The zero-order valence-corrected chi connectivity index (χ0v) is 20.5. The van der Waals surface area contributed by atoms with Crippen LogP contribution < -0.4 is 4.72 Å². The topological polar surface area (TPSA) is 97.7 Å². The maximum Gasteiger partial charge on any atom is 0.264 e. The lowest BCUT2D eigenvalue weighted by Crippen LogP contribution is -2.16. The number of sulfonamides is 1. The monoisotopic (exact) mass is 505 g/mol. The van der Waals surface area contributed by atoms with E-state index >= 15 is 0 Å². The zero-order chi connectivity index (χ0) is 25.9. The quantitative estimate of drug-likeness (QED) is 0.399. The third kappa shape index (κ3) is 5.37. The van der Waals surface area contributed by atoms with Crippen molar-refractivity contribution >= 4 is 15.7 Å². The number of nitrogens with one attached hydrogen (secondary N) is 1. The van der Waals surface area contributed by atoms with E-state index in [2.05, 4.69) is 36.5 Å². The summed E-state index contributed by atoms with van der Waals surface area (Å²) in [7, 11) is -4.33. The summed E-state index contributed by atoms with van der Waals surface area (Å²) < 4.78 is 55.1.